The number of hydrogen-bond donors (Lipinski definition) is 2. The first-order valence-corrected chi connectivity index (χ1v) is 10.6. The van der Waals surface area contributed by atoms with E-state index in [1.807, 2.05) is 0 Å². The summed E-state index contributed by atoms with van der Waals surface area (Å²) in [5.74, 6) is -5.69. The van der Waals surface area contributed by atoms with Crippen LogP contribution in [-0.4, -0.2) is 28.4 Å². The Morgan fingerprint density at radius 1 is 1.18 bits per heavy atom. The normalized spacial score (nSPS) is 16.6. The number of nitrogens with one attached hydrogen (secondary N) is 1. The number of rotatable bonds is 10. The zero-order valence-corrected chi connectivity index (χ0v) is 17.5. The fraction of sp³-hybridized carbons (Fsp3) is 0.579. The van der Waals surface area contributed by atoms with Gasteiger partial charge in [0.05, 0.1) is 6.04 Å². The van der Waals surface area contributed by atoms with Gasteiger partial charge >= 0.3 is 0 Å². The van der Waals surface area contributed by atoms with E-state index in [0.717, 1.165) is 31.7 Å². The van der Waals surface area contributed by atoms with E-state index in [-0.39, 0.29) is 11.8 Å². The molecule has 0 heterocycles. The van der Waals surface area contributed by atoms with Crippen molar-refractivity contribution in [1.82, 2.24) is 5.32 Å². The van der Waals surface area contributed by atoms with E-state index in [0.29, 0.717) is 31.9 Å². The molecule has 28 heavy (non-hydrogen) atoms. The first kappa shape index (κ1) is 22.9. The quantitative estimate of drug-likeness (QED) is 0.217. The molecule has 3 N–H and O–H groups in total. The highest BCUT2D eigenvalue weighted by atomic mass is 127. The lowest BCUT2D eigenvalue weighted by Crippen LogP contribution is -2.47. The third kappa shape index (κ3) is 6.07. The van der Waals surface area contributed by atoms with Crippen molar-refractivity contribution >= 4 is 34.3 Å². The highest BCUT2D eigenvalue weighted by Gasteiger charge is 2.32. The Bertz CT molecular complexity index is 699. The molecule has 1 saturated carbocycles. The Morgan fingerprint density at radius 3 is 2.46 bits per heavy atom. The second kappa shape index (κ2) is 11.0. The van der Waals surface area contributed by atoms with Gasteiger partial charge in [-0.05, 0) is 73.4 Å². The fourth-order valence-corrected chi connectivity index (χ4v) is 3.88. The SMILES string of the molecule is NCCCCC(NC(=O)C1CCCC1)C(=O)C(I)Oc1c(F)ccc(F)c1F. The first-order valence-electron chi connectivity index (χ1n) is 9.33. The molecular weight excluding hydrogens is 488 g/mol. The van der Waals surface area contributed by atoms with Gasteiger partial charge in [0.1, 0.15) is 0 Å². The number of ketones is 1. The third-order valence-corrected chi connectivity index (χ3v) is 5.65. The molecule has 1 aromatic carbocycles. The summed E-state index contributed by atoms with van der Waals surface area (Å²) in [6.07, 6.45) is 5.11. The molecule has 2 rings (SSSR count). The molecule has 1 aliphatic carbocycles. The highest BCUT2D eigenvalue weighted by molar-refractivity contribution is 14.1. The number of nitrogens with two attached hydrogens (primary N) is 1. The van der Waals surface area contributed by atoms with E-state index < -0.39 is 39.1 Å². The summed E-state index contributed by atoms with van der Waals surface area (Å²) in [6.45, 7) is 0.446. The van der Waals surface area contributed by atoms with Gasteiger partial charge in [0, 0.05) is 5.92 Å². The lowest BCUT2D eigenvalue weighted by Gasteiger charge is -2.23. The average Bonchev–Trinajstić information content (AvgIpc) is 3.21. The van der Waals surface area contributed by atoms with Gasteiger partial charge in [0.25, 0.3) is 0 Å². The van der Waals surface area contributed by atoms with E-state index in [1.54, 1.807) is 22.6 Å². The van der Waals surface area contributed by atoms with Gasteiger partial charge in [-0.3, -0.25) is 9.59 Å². The number of hydrogen-bond acceptors (Lipinski definition) is 4. The molecule has 0 saturated heterocycles. The number of amides is 1. The van der Waals surface area contributed by atoms with Crippen LogP contribution in [0, 0.1) is 23.4 Å². The molecular formula is C19H24F3IN2O3. The number of unbranched alkanes of at least 4 members (excludes halogenated alkanes) is 1. The van der Waals surface area contributed by atoms with Gasteiger partial charge in [0.2, 0.25) is 21.6 Å². The maximum atomic E-state index is 13.8. The Kier molecular flexibility index (Phi) is 9.00. The Hall–Kier alpha value is -1.36. The predicted octanol–water partition coefficient (Wildman–Crippen LogP) is 3.62. The molecule has 1 amide bonds. The summed E-state index contributed by atoms with van der Waals surface area (Å²) in [5, 5.41) is 2.75. The molecule has 2 unspecified atom stereocenters. The minimum atomic E-state index is -1.50. The fourth-order valence-electron chi connectivity index (χ4n) is 3.19. The second-order valence-electron chi connectivity index (χ2n) is 6.84. The predicted molar refractivity (Wildman–Crippen MR) is 107 cm³/mol. The molecule has 5 nitrogen and oxygen atoms in total. The van der Waals surface area contributed by atoms with Crippen LogP contribution in [0.5, 0.6) is 5.75 Å². The molecule has 1 fully saturated rings. The van der Waals surface area contributed by atoms with Crippen molar-refractivity contribution in [3.8, 4) is 5.75 Å². The van der Waals surface area contributed by atoms with Crippen LogP contribution in [0.25, 0.3) is 0 Å². The first-order chi connectivity index (χ1) is 13.3. The van der Waals surface area contributed by atoms with Crippen LogP contribution < -0.4 is 15.8 Å². The van der Waals surface area contributed by atoms with Crippen LogP contribution in [0.4, 0.5) is 13.2 Å². The van der Waals surface area contributed by atoms with Gasteiger partial charge in [-0.15, -0.1) is 0 Å². The van der Waals surface area contributed by atoms with E-state index in [2.05, 4.69) is 5.32 Å². The molecule has 1 aromatic rings. The standard InChI is InChI=1S/C19H24F3IN2O3/c20-12-8-9-13(21)17(15(12)22)28-18(23)16(26)14(7-3-4-10-24)25-19(27)11-5-1-2-6-11/h8-9,11,14,18H,1-7,10,24H2,(H,25,27). The van der Waals surface area contributed by atoms with Gasteiger partial charge in [-0.2, -0.15) is 4.39 Å². The van der Waals surface area contributed by atoms with Crippen molar-refractivity contribution in [3.05, 3.63) is 29.6 Å². The number of ether oxygens (including phenoxy) is 1. The number of halogens is 4. The van der Waals surface area contributed by atoms with E-state index in [4.69, 9.17) is 10.5 Å². The highest BCUT2D eigenvalue weighted by Crippen LogP contribution is 2.28. The molecule has 1 aliphatic rings. The lowest BCUT2D eigenvalue weighted by molar-refractivity contribution is -0.131. The van der Waals surface area contributed by atoms with Crippen LogP contribution in [-0.2, 0) is 9.59 Å². The van der Waals surface area contributed by atoms with Crippen molar-refractivity contribution in [3.63, 3.8) is 0 Å². The molecule has 0 bridgehead atoms. The monoisotopic (exact) mass is 512 g/mol. The molecule has 0 aliphatic heterocycles. The van der Waals surface area contributed by atoms with Gasteiger partial charge in [-0.25, -0.2) is 8.78 Å². The van der Waals surface area contributed by atoms with Crippen molar-refractivity contribution in [2.24, 2.45) is 11.7 Å². The lowest BCUT2D eigenvalue weighted by atomic mass is 10.0. The van der Waals surface area contributed by atoms with Crippen LogP contribution in [0.2, 0.25) is 0 Å². The van der Waals surface area contributed by atoms with Crippen molar-refractivity contribution in [2.75, 3.05) is 6.54 Å². The summed E-state index contributed by atoms with van der Waals surface area (Å²) >= 11 is 1.58. The number of Topliss-reactive ketones (excluding diaryl/α,β-unsaturated/α-hetero) is 1. The number of alkyl halides is 1. The summed E-state index contributed by atoms with van der Waals surface area (Å²) in [4.78, 5) is 25.2. The number of carbonyl (C=O) groups excluding carboxylic acids is 2. The average molecular weight is 512 g/mol. The van der Waals surface area contributed by atoms with Crippen LogP contribution in [0.15, 0.2) is 12.1 Å². The van der Waals surface area contributed by atoms with E-state index in [9.17, 15) is 22.8 Å². The summed E-state index contributed by atoms with van der Waals surface area (Å²) in [5.41, 5.74) is 5.48. The third-order valence-electron chi connectivity index (χ3n) is 4.78. The van der Waals surface area contributed by atoms with Crippen molar-refractivity contribution in [2.45, 2.75) is 55.1 Å². The van der Waals surface area contributed by atoms with E-state index >= 15 is 0 Å². The van der Waals surface area contributed by atoms with Crippen LogP contribution in [0.1, 0.15) is 44.9 Å². The molecule has 9 heteroatoms. The molecule has 156 valence electrons. The molecule has 0 spiro atoms. The van der Waals surface area contributed by atoms with E-state index in [1.165, 1.54) is 0 Å². The van der Waals surface area contributed by atoms with Gasteiger partial charge in [0.15, 0.2) is 17.4 Å². The van der Waals surface area contributed by atoms with Gasteiger partial charge in [-0.1, -0.05) is 12.8 Å². The molecule has 2 atom stereocenters. The van der Waals surface area contributed by atoms with Crippen molar-refractivity contribution in [1.29, 1.82) is 0 Å². The van der Waals surface area contributed by atoms with Gasteiger partial charge < -0.3 is 15.8 Å². The summed E-state index contributed by atoms with van der Waals surface area (Å²) < 4.78 is 44.7. The topological polar surface area (TPSA) is 81.4 Å². The number of benzene rings is 1. The minimum Gasteiger partial charge on any atom is -0.466 e. The second-order valence-corrected chi connectivity index (χ2v) is 7.97. The van der Waals surface area contributed by atoms with Crippen LogP contribution >= 0.6 is 22.6 Å². The van der Waals surface area contributed by atoms with Crippen molar-refractivity contribution < 1.29 is 27.5 Å². The smallest absolute Gasteiger partial charge is 0.223 e. The Labute approximate surface area is 175 Å². The zero-order chi connectivity index (χ0) is 20.7. The molecule has 0 radical (unpaired) electrons. The summed E-state index contributed by atoms with van der Waals surface area (Å²) in [6, 6.07) is 0.502. The van der Waals surface area contributed by atoms with Crippen LogP contribution in [0.3, 0.4) is 0 Å². The summed E-state index contributed by atoms with van der Waals surface area (Å²) in [7, 11) is 0. The Morgan fingerprint density at radius 2 is 1.82 bits per heavy atom. The Balaban J connectivity index is 2.09. The maximum absolute atomic E-state index is 13.8. The minimum absolute atomic E-state index is 0.128. The maximum Gasteiger partial charge on any atom is 0.223 e. The number of carbonyl (C=O) groups is 2. The molecule has 0 aromatic heterocycles. The zero-order valence-electron chi connectivity index (χ0n) is 15.4. The largest absolute Gasteiger partial charge is 0.466 e.